The van der Waals surface area contributed by atoms with Gasteiger partial charge in [0.2, 0.25) is 21.8 Å². The van der Waals surface area contributed by atoms with Crippen LogP contribution in [-0.2, 0) is 31.0 Å². The Balaban J connectivity index is 1.65. The Kier molecular flexibility index (Phi) is 5.10. The van der Waals surface area contributed by atoms with Crippen LogP contribution in [0.15, 0.2) is 23.1 Å². The van der Waals surface area contributed by atoms with Crippen molar-refractivity contribution >= 4 is 33.7 Å². The predicted octanol–water partition coefficient (Wildman–Crippen LogP) is -0.0671. The van der Waals surface area contributed by atoms with Crippen LogP contribution in [0.1, 0.15) is 41.6 Å². The topological polar surface area (TPSA) is 141 Å². The lowest BCUT2D eigenvalue weighted by molar-refractivity contribution is -0.143. The van der Waals surface area contributed by atoms with E-state index in [1.807, 2.05) is 0 Å². The number of piperidine rings is 2. The van der Waals surface area contributed by atoms with Gasteiger partial charge in [0.15, 0.2) is 0 Å². The highest BCUT2D eigenvalue weighted by Crippen LogP contribution is 2.34. The summed E-state index contributed by atoms with van der Waals surface area (Å²) in [5.41, 5.74) is 0.497. The van der Waals surface area contributed by atoms with E-state index in [4.69, 9.17) is 0 Å². The molecule has 160 valence electrons. The zero-order chi connectivity index (χ0) is 21.6. The molecule has 0 bridgehead atoms. The average Bonchev–Trinajstić information content (AvgIpc) is 3.04. The number of hydrogen-bond acceptors (Lipinski definition) is 6. The van der Waals surface area contributed by atoms with Gasteiger partial charge in [0, 0.05) is 37.2 Å². The maximum Gasteiger partial charge on any atom is 0.307 e. The van der Waals surface area contributed by atoms with Crippen LogP contribution in [0.3, 0.4) is 0 Å². The van der Waals surface area contributed by atoms with Crippen LogP contribution in [0, 0.1) is 5.92 Å². The van der Waals surface area contributed by atoms with Crippen molar-refractivity contribution in [3.8, 4) is 0 Å². The van der Waals surface area contributed by atoms with Crippen molar-refractivity contribution < 1.29 is 32.7 Å². The average molecular weight is 435 g/mol. The number of amides is 3. The lowest BCUT2D eigenvalue weighted by Gasteiger charge is -2.31. The van der Waals surface area contributed by atoms with Crippen molar-refractivity contribution in [1.29, 1.82) is 0 Å². The number of imide groups is 1. The first-order valence-corrected chi connectivity index (χ1v) is 11.1. The lowest BCUT2D eigenvalue weighted by Crippen LogP contribution is -2.52. The van der Waals surface area contributed by atoms with E-state index in [2.05, 4.69) is 5.32 Å². The van der Waals surface area contributed by atoms with Crippen molar-refractivity contribution in [1.82, 2.24) is 14.5 Å². The molecule has 2 N–H and O–H groups in total. The molecule has 3 aliphatic rings. The van der Waals surface area contributed by atoms with E-state index in [0.717, 1.165) is 4.31 Å². The number of aliphatic carboxylic acids is 1. The minimum atomic E-state index is -4.02. The fourth-order valence-corrected chi connectivity index (χ4v) is 6.06. The van der Waals surface area contributed by atoms with Gasteiger partial charge in [0.1, 0.15) is 6.04 Å². The summed E-state index contributed by atoms with van der Waals surface area (Å²) in [4.78, 5) is 49.1. The first kappa shape index (κ1) is 20.5. The summed E-state index contributed by atoms with van der Waals surface area (Å²) in [7, 11) is -4.02. The molecular formula is C19H21N3O7S. The second-order valence-electron chi connectivity index (χ2n) is 7.72. The first-order valence-electron chi connectivity index (χ1n) is 9.69. The molecule has 2 fully saturated rings. The second-order valence-corrected chi connectivity index (χ2v) is 9.63. The van der Waals surface area contributed by atoms with Crippen molar-refractivity contribution in [2.75, 3.05) is 13.1 Å². The van der Waals surface area contributed by atoms with E-state index < -0.39 is 45.7 Å². The monoisotopic (exact) mass is 435 g/mol. The van der Waals surface area contributed by atoms with Crippen LogP contribution in [0.2, 0.25) is 0 Å². The summed E-state index contributed by atoms with van der Waals surface area (Å²) in [6.45, 7) is 0.0266. The SMILES string of the molecule is O=C1CCC(N2Cc3c(cccc3S(=O)(=O)N3CCCC(C(=O)O)C3)C2=O)C(=O)N1. The van der Waals surface area contributed by atoms with Crippen molar-refractivity contribution in [2.24, 2.45) is 5.92 Å². The van der Waals surface area contributed by atoms with E-state index in [1.165, 1.54) is 23.1 Å². The standard InChI is InChI=1S/C19H21N3O7S/c23-16-7-6-14(17(24)20-16)22-10-13-12(18(22)25)4-1-5-15(13)30(28,29)21-8-2-3-11(9-21)19(26)27/h1,4-5,11,14H,2-3,6-10H2,(H,26,27)(H,20,23,24). The molecule has 10 nitrogen and oxygen atoms in total. The smallest absolute Gasteiger partial charge is 0.307 e. The van der Waals surface area contributed by atoms with Gasteiger partial charge in [0.05, 0.1) is 10.8 Å². The van der Waals surface area contributed by atoms with Gasteiger partial charge in [-0.25, -0.2) is 8.42 Å². The third-order valence-corrected chi connectivity index (χ3v) is 7.84. The Labute approximate surface area is 172 Å². The summed E-state index contributed by atoms with van der Waals surface area (Å²) in [5.74, 6) is -3.24. The van der Waals surface area contributed by atoms with Gasteiger partial charge in [-0.15, -0.1) is 0 Å². The molecule has 2 atom stereocenters. The van der Waals surface area contributed by atoms with E-state index in [0.29, 0.717) is 18.4 Å². The number of nitrogens with zero attached hydrogens (tertiary/aromatic N) is 2. The molecule has 3 aliphatic heterocycles. The summed E-state index contributed by atoms with van der Waals surface area (Å²) >= 11 is 0. The molecule has 3 heterocycles. The van der Waals surface area contributed by atoms with E-state index in [9.17, 15) is 32.7 Å². The molecule has 3 amide bonds. The molecule has 0 aliphatic carbocycles. The number of carbonyl (C=O) groups excluding carboxylic acids is 3. The zero-order valence-corrected chi connectivity index (χ0v) is 16.9. The van der Waals surface area contributed by atoms with Crippen LogP contribution in [0.4, 0.5) is 0 Å². The Bertz CT molecular complexity index is 1050. The van der Waals surface area contributed by atoms with Crippen LogP contribution >= 0.6 is 0 Å². The fraction of sp³-hybridized carbons (Fsp3) is 0.474. The molecule has 4 rings (SSSR count). The van der Waals surface area contributed by atoms with Gasteiger partial charge in [-0.2, -0.15) is 4.31 Å². The summed E-state index contributed by atoms with van der Waals surface area (Å²) < 4.78 is 27.7. The largest absolute Gasteiger partial charge is 0.481 e. The molecule has 30 heavy (non-hydrogen) atoms. The van der Waals surface area contributed by atoms with Crippen molar-refractivity contribution in [2.45, 2.75) is 43.2 Å². The molecule has 1 aromatic carbocycles. The first-order chi connectivity index (χ1) is 14.2. The van der Waals surface area contributed by atoms with Crippen LogP contribution < -0.4 is 5.32 Å². The Hall–Kier alpha value is -2.79. The number of nitrogens with one attached hydrogen (secondary N) is 1. The molecule has 2 unspecified atom stereocenters. The number of benzene rings is 1. The van der Waals surface area contributed by atoms with E-state index >= 15 is 0 Å². The summed E-state index contributed by atoms with van der Waals surface area (Å²) in [6.07, 6.45) is 1.13. The molecule has 1 aromatic rings. The maximum atomic E-state index is 13.3. The van der Waals surface area contributed by atoms with Gasteiger partial charge in [-0.3, -0.25) is 24.5 Å². The maximum absolute atomic E-state index is 13.3. The van der Waals surface area contributed by atoms with Crippen LogP contribution in [0.25, 0.3) is 0 Å². The number of carboxylic acid groups (broad SMARTS) is 1. The van der Waals surface area contributed by atoms with E-state index in [-0.39, 0.29) is 42.9 Å². The highest BCUT2D eigenvalue weighted by atomic mass is 32.2. The predicted molar refractivity (Wildman–Crippen MR) is 102 cm³/mol. The molecule has 0 saturated carbocycles. The van der Waals surface area contributed by atoms with Gasteiger partial charge >= 0.3 is 5.97 Å². The second kappa shape index (κ2) is 7.47. The van der Waals surface area contributed by atoms with E-state index in [1.54, 1.807) is 0 Å². The normalized spacial score (nSPS) is 25.2. The quantitative estimate of drug-likeness (QED) is 0.631. The fourth-order valence-electron chi connectivity index (χ4n) is 4.30. The van der Waals surface area contributed by atoms with Gasteiger partial charge in [-0.05, 0) is 31.4 Å². The van der Waals surface area contributed by atoms with Crippen LogP contribution in [0.5, 0.6) is 0 Å². The minimum absolute atomic E-state index is 0.0471. The number of carbonyl (C=O) groups is 4. The summed E-state index contributed by atoms with van der Waals surface area (Å²) in [6, 6.07) is 3.54. The molecular weight excluding hydrogens is 414 g/mol. The van der Waals surface area contributed by atoms with Gasteiger partial charge in [0.25, 0.3) is 5.91 Å². The third-order valence-electron chi connectivity index (χ3n) is 5.89. The summed E-state index contributed by atoms with van der Waals surface area (Å²) in [5, 5.41) is 11.5. The number of sulfonamides is 1. The number of rotatable bonds is 4. The zero-order valence-electron chi connectivity index (χ0n) is 16.0. The highest BCUT2D eigenvalue weighted by Gasteiger charge is 2.42. The number of hydrogen-bond donors (Lipinski definition) is 2. The Morgan fingerprint density at radius 3 is 2.63 bits per heavy atom. The Morgan fingerprint density at radius 2 is 1.93 bits per heavy atom. The molecule has 2 saturated heterocycles. The number of carboxylic acids is 1. The highest BCUT2D eigenvalue weighted by molar-refractivity contribution is 7.89. The lowest BCUT2D eigenvalue weighted by atomic mass is 10.0. The Morgan fingerprint density at radius 1 is 1.17 bits per heavy atom. The molecule has 0 radical (unpaired) electrons. The van der Waals surface area contributed by atoms with Gasteiger partial charge < -0.3 is 10.0 Å². The molecule has 0 spiro atoms. The number of fused-ring (bicyclic) bond motifs is 1. The van der Waals surface area contributed by atoms with Crippen molar-refractivity contribution in [3.63, 3.8) is 0 Å². The van der Waals surface area contributed by atoms with Crippen LogP contribution in [-0.4, -0.2) is 65.6 Å². The van der Waals surface area contributed by atoms with Crippen molar-refractivity contribution in [3.05, 3.63) is 29.3 Å². The third kappa shape index (κ3) is 3.37. The molecule has 0 aromatic heterocycles. The minimum Gasteiger partial charge on any atom is -0.481 e. The molecule has 11 heteroatoms. The van der Waals surface area contributed by atoms with Gasteiger partial charge in [-0.1, -0.05) is 6.07 Å².